The molecule has 7 heteroatoms. The number of hydrogen-bond donors (Lipinski definition) is 2. The summed E-state index contributed by atoms with van der Waals surface area (Å²) in [5, 5.41) is 2.83. The Balaban J connectivity index is 2.19. The zero-order valence-corrected chi connectivity index (χ0v) is 14.8. The number of amides is 1. The van der Waals surface area contributed by atoms with Crippen LogP contribution in [0.15, 0.2) is 36.7 Å². The van der Waals surface area contributed by atoms with Gasteiger partial charge in [-0.25, -0.2) is 8.42 Å². The second kappa shape index (κ2) is 7.44. The molecule has 2 rings (SSSR count). The van der Waals surface area contributed by atoms with E-state index in [1.165, 1.54) is 0 Å². The zero-order valence-electron chi connectivity index (χ0n) is 14.0. The Hall–Kier alpha value is -2.41. The van der Waals surface area contributed by atoms with E-state index in [-0.39, 0.29) is 11.7 Å². The van der Waals surface area contributed by atoms with Crippen LogP contribution in [0.3, 0.4) is 0 Å². The number of benzene rings is 1. The second-order valence-corrected chi connectivity index (χ2v) is 7.39. The molecule has 2 N–H and O–H groups in total. The highest BCUT2D eigenvalue weighted by atomic mass is 32.2. The molecular weight excluding hydrogens is 326 g/mol. The summed E-state index contributed by atoms with van der Waals surface area (Å²) < 4.78 is 25.8. The summed E-state index contributed by atoms with van der Waals surface area (Å²) in [6.07, 6.45) is 3.98. The van der Waals surface area contributed by atoms with Gasteiger partial charge in [0, 0.05) is 23.6 Å². The first-order valence-corrected chi connectivity index (χ1v) is 9.37. The van der Waals surface area contributed by atoms with Crippen LogP contribution in [0.2, 0.25) is 0 Å². The van der Waals surface area contributed by atoms with Gasteiger partial charge in [-0.3, -0.25) is 14.5 Å². The predicted molar refractivity (Wildman–Crippen MR) is 95.8 cm³/mol. The van der Waals surface area contributed by atoms with Gasteiger partial charge in [0.2, 0.25) is 10.0 Å². The molecule has 128 valence electrons. The molecule has 0 spiro atoms. The number of sulfonamides is 1. The number of aryl methyl sites for hydroxylation is 2. The van der Waals surface area contributed by atoms with Crippen LogP contribution >= 0.6 is 0 Å². The third kappa shape index (κ3) is 4.32. The first-order chi connectivity index (χ1) is 11.4. The van der Waals surface area contributed by atoms with Crippen molar-refractivity contribution in [2.24, 2.45) is 0 Å². The van der Waals surface area contributed by atoms with Crippen LogP contribution in [-0.2, 0) is 16.4 Å². The molecule has 1 heterocycles. The molecule has 0 atom stereocenters. The van der Waals surface area contributed by atoms with Gasteiger partial charge in [-0.2, -0.15) is 0 Å². The van der Waals surface area contributed by atoms with Crippen molar-refractivity contribution >= 4 is 27.3 Å². The number of rotatable bonds is 6. The van der Waals surface area contributed by atoms with E-state index in [1.54, 1.807) is 50.5 Å². The minimum absolute atomic E-state index is 0.00671. The van der Waals surface area contributed by atoms with Crippen LogP contribution in [-0.4, -0.2) is 25.1 Å². The lowest BCUT2D eigenvalue weighted by Gasteiger charge is -2.12. The van der Waals surface area contributed by atoms with Gasteiger partial charge in [0.05, 0.1) is 11.4 Å². The second-order valence-electron chi connectivity index (χ2n) is 5.38. The molecule has 0 fully saturated rings. The smallest absolute Gasteiger partial charge is 0.256 e. The molecule has 2 aromatic rings. The largest absolute Gasteiger partial charge is 0.322 e. The van der Waals surface area contributed by atoms with E-state index in [1.807, 2.05) is 6.92 Å². The van der Waals surface area contributed by atoms with Gasteiger partial charge in [-0.1, -0.05) is 6.92 Å². The Morgan fingerprint density at radius 3 is 2.58 bits per heavy atom. The molecule has 1 aromatic heterocycles. The summed E-state index contributed by atoms with van der Waals surface area (Å²) in [7, 11) is -3.33. The SMILES string of the molecule is CCc1cnccc1C(=O)Nc1ccc(NS(=O)(=O)CC)c(C)c1. The molecule has 1 aromatic carbocycles. The lowest BCUT2D eigenvalue weighted by atomic mass is 10.1. The standard InChI is InChI=1S/C17H21N3O3S/c1-4-13-11-18-9-8-15(13)17(21)19-14-6-7-16(12(3)10-14)20-24(22,23)5-2/h6-11,20H,4-5H2,1-3H3,(H,19,21). The molecule has 0 bridgehead atoms. The van der Waals surface area contributed by atoms with Crippen LogP contribution in [0.4, 0.5) is 11.4 Å². The zero-order chi connectivity index (χ0) is 17.7. The maximum absolute atomic E-state index is 12.4. The molecule has 1 amide bonds. The van der Waals surface area contributed by atoms with Crippen molar-refractivity contribution in [2.45, 2.75) is 27.2 Å². The molecule has 0 saturated heterocycles. The Kier molecular flexibility index (Phi) is 5.56. The van der Waals surface area contributed by atoms with Gasteiger partial charge in [-0.05, 0) is 55.7 Å². The first kappa shape index (κ1) is 17.9. The van der Waals surface area contributed by atoms with Crippen LogP contribution in [0.1, 0.15) is 35.3 Å². The number of carbonyl (C=O) groups is 1. The number of pyridine rings is 1. The van der Waals surface area contributed by atoms with Crippen LogP contribution in [0, 0.1) is 6.92 Å². The number of nitrogens with zero attached hydrogens (tertiary/aromatic N) is 1. The number of anilines is 2. The average Bonchev–Trinajstić information content (AvgIpc) is 2.57. The van der Waals surface area contributed by atoms with E-state index >= 15 is 0 Å². The highest BCUT2D eigenvalue weighted by Crippen LogP contribution is 2.21. The summed E-state index contributed by atoms with van der Waals surface area (Å²) >= 11 is 0. The topological polar surface area (TPSA) is 88.2 Å². The number of hydrogen-bond acceptors (Lipinski definition) is 4. The van der Waals surface area contributed by atoms with E-state index in [0.717, 1.165) is 11.1 Å². The summed E-state index contributed by atoms with van der Waals surface area (Å²) in [5.41, 5.74) is 3.30. The lowest BCUT2D eigenvalue weighted by molar-refractivity contribution is 0.102. The van der Waals surface area contributed by atoms with Gasteiger partial charge in [0.15, 0.2) is 0 Å². The summed E-state index contributed by atoms with van der Waals surface area (Å²) in [6.45, 7) is 5.33. The van der Waals surface area contributed by atoms with Crippen molar-refractivity contribution in [3.63, 3.8) is 0 Å². The van der Waals surface area contributed by atoms with Crippen LogP contribution in [0.25, 0.3) is 0 Å². The Morgan fingerprint density at radius 1 is 1.21 bits per heavy atom. The van der Waals surface area contributed by atoms with Crippen molar-refractivity contribution < 1.29 is 13.2 Å². The monoisotopic (exact) mass is 347 g/mol. The van der Waals surface area contributed by atoms with Crippen molar-refractivity contribution in [1.29, 1.82) is 0 Å². The summed E-state index contributed by atoms with van der Waals surface area (Å²) in [5.74, 6) is -0.206. The fourth-order valence-corrected chi connectivity index (χ4v) is 2.93. The quantitative estimate of drug-likeness (QED) is 0.841. The number of carbonyl (C=O) groups excluding carboxylic acids is 1. The number of nitrogens with one attached hydrogen (secondary N) is 2. The normalized spacial score (nSPS) is 11.1. The molecule has 0 radical (unpaired) electrons. The van der Waals surface area contributed by atoms with Gasteiger partial charge in [0.1, 0.15) is 0 Å². The Labute approximate surface area is 142 Å². The Bertz CT molecular complexity index is 848. The first-order valence-electron chi connectivity index (χ1n) is 7.71. The molecule has 0 aliphatic carbocycles. The molecule has 0 saturated carbocycles. The maximum Gasteiger partial charge on any atom is 0.256 e. The molecule has 6 nitrogen and oxygen atoms in total. The third-order valence-corrected chi connectivity index (χ3v) is 4.95. The van der Waals surface area contributed by atoms with Gasteiger partial charge >= 0.3 is 0 Å². The molecule has 24 heavy (non-hydrogen) atoms. The van der Waals surface area contributed by atoms with E-state index in [4.69, 9.17) is 0 Å². The minimum atomic E-state index is -3.33. The lowest BCUT2D eigenvalue weighted by Crippen LogP contribution is -2.16. The fourth-order valence-electron chi connectivity index (χ4n) is 2.22. The van der Waals surface area contributed by atoms with Crippen molar-refractivity contribution in [2.75, 3.05) is 15.8 Å². The van der Waals surface area contributed by atoms with Crippen molar-refractivity contribution in [3.8, 4) is 0 Å². The molecular formula is C17H21N3O3S. The molecule has 0 aliphatic rings. The van der Waals surface area contributed by atoms with E-state index < -0.39 is 10.0 Å². The van der Waals surface area contributed by atoms with Crippen molar-refractivity contribution in [3.05, 3.63) is 53.3 Å². The van der Waals surface area contributed by atoms with E-state index in [0.29, 0.717) is 23.4 Å². The maximum atomic E-state index is 12.4. The number of aromatic nitrogens is 1. The van der Waals surface area contributed by atoms with Gasteiger partial charge in [-0.15, -0.1) is 0 Å². The Morgan fingerprint density at radius 2 is 1.96 bits per heavy atom. The predicted octanol–water partition coefficient (Wildman–Crippen LogP) is 2.97. The van der Waals surface area contributed by atoms with Crippen LogP contribution in [0.5, 0.6) is 0 Å². The highest BCUT2D eigenvalue weighted by Gasteiger charge is 2.12. The van der Waals surface area contributed by atoms with Gasteiger partial charge < -0.3 is 5.32 Å². The average molecular weight is 347 g/mol. The third-order valence-electron chi connectivity index (χ3n) is 3.66. The summed E-state index contributed by atoms with van der Waals surface area (Å²) in [4.78, 5) is 16.4. The van der Waals surface area contributed by atoms with Crippen LogP contribution < -0.4 is 10.0 Å². The van der Waals surface area contributed by atoms with E-state index in [2.05, 4.69) is 15.0 Å². The van der Waals surface area contributed by atoms with Crippen molar-refractivity contribution in [1.82, 2.24) is 4.98 Å². The fraction of sp³-hybridized carbons (Fsp3) is 0.294. The van der Waals surface area contributed by atoms with Gasteiger partial charge in [0.25, 0.3) is 5.91 Å². The molecule has 0 aliphatic heterocycles. The minimum Gasteiger partial charge on any atom is -0.322 e. The van der Waals surface area contributed by atoms with E-state index in [9.17, 15) is 13.2 Å². The summed E-state index contributed by atoms with van der Waals surface area (Å²) in [6, 6.07) is 6.74. The highest BCUT2D eigenvalue weighted by molar-refractivity contribution is 7.92. The molecule has 0 unspecified atom stereocenters.